The normalized spacial score (nSPS) is 14.5. The Kier molecular flexibility index (Phi) is 5.95. The number of anilines is 1. The van der Waals surface area contributed by atoms with E-state index in [-0.39, 0.29) is 23.9 Å². The molecule has 1 aliphatic rings. The van der Waals surface area contributed by atoms with Crippen LogP contribution in [0.4, 0.5) is 5.00 Å². The van der Waals surface area contributed by atoms with Gasteiger partial charge in [-0.3, -0.25) is 14.5 Å². The predicted octanol–water partition coefficient (Wildman–Crippen LogP) is 1.58. The summed E-state index contributed by atoms with van der Waals surface area (Å²) in [5, 5.41) is 3.14. The van der Waals surface area contributed by atoms with Crippen LogP contribution in [0, 0.1) is 6.92 Å². The third kappa shape index (κ3) is 3.93. The minimum Gasteiger partial charge on any atom is -0.465 e. The van der Waals surface area contributed by atoms with Crippen molar-refractivity contribution in [2.75, 3.05) is 46.2 Å². The minimum atomic E-state index is -0.557. The number of amides is 2. The monoisotopic (exact) mass is 353 g/mol. The zero-order chi connectivity index (χ0) is 17.9. The highest BCUT2D eigenvalue weighted by molar-refractivity contribution is 7.18. The highest BCUT2D eigenvalue weighted by Gasteiger charge is 2.27. The first-order valence-corrected chi connectivity index (χ1v) is 8.62. The Hall–Kier alpha value is -1.93. The smallest absolute Gasteiger partial charge is 0.341 e. The van der Waals surface area contributed by atoms with Crippen molar-refractivity contribution < 1.29 is 19.1 Å². The molecule has 24 heavy (non-hydrogen) atoms. The van der Waals surface area contributed by atoms with Crippen LogP contribution in [0.15, 0.2) is 0 Å². The van der Waals surface area contributed by atoms with Gasteiger partial charge >= 0.3 is 5.97 Å². The lowest BCUT2D eigenvalue weighted by atomic mass is 10.1. The van der Waals surface area contributed by atoms with E-state index in [0.29, 0.717) is 15.4 Å². The zero-order valence-electron chi connectivity index (χ0n) is 14.5. The molecule has 1 fully saturated rings. The lowest BCUT2D eigenvalue weighted by molar-refractivity contribution is -0.117. The maximum absolute atomic E-state index is 12.3. The molecule has 1 aliphatic heterocycles. The number of rotatable bonds is 5. The fourth-order valence-electron chi connectivity index (χ4n) is 2.67. The lowest BCUT2D eigenvalue weighted by Crippen LogP contribution is -2.31. The number of thiophene rings is 1. The van der Waals surface area contributed by atoms with E-state index in [1.54, 1.807) is 21.0 Å². The van der Waals surface area contributed by atoms with E-state index in [2.05, 4.69) is 10.2 Å². The van der Waals surface area contributed by atoms with Crippen molar-refractivity contribution in [3.8, 4) is 0 Å². The highest BCUT2D eigenvalue weighted by Crippen LogP contribution is 2.34. The van der Waals surface area contributed by atoms with Crippen molar-refractivity contribution in [1.29, 1.82) is 0 Å². The summed E-state index contributed by atoms with van der Waals surface area (Å²) in [4.78, 5) is 40.6. The van der Waals surface area contributed by atoms with Crippen LogP contribution in [0.1, 0.15) is 38.4 Å². The van der Waals surface area contributed by atoms with Gasteiger partial charge in [-0.15, -0.1) is 11.3 Å². The molecule has 0 radical (unpaired) electrons. The van der Waals surface area contributed by atoms with E-state index >= 15 is 0 Å². The lowest BCUT2D eigenvalue weighted by Gasteiger charge is -2.14. The fourth-order valence-corrected chi connectivity index (χ4v) is 3.90. The molecule has 2 amide bonds. The Balaban J connectivity index is 2.26. The number of methoxy groups -OCH3 is 1. The number of carbonyl (C=O) groups is 3. The second kappa shape index (κ2) is 7.76. The first-order valence-electron chi connectivity index (χ1n) is 7.80. The molecule has 1 N–H and O–H groups in total. The maximum atomic E-state index is 12.3. The molecule has 0 aliphatic carbocycles. The van der Waals surface area contributed by atoms with Gasteiger partial charge in [0, 0.05) is 14.1 Å². The third-order valence-electron chi connectivity index (χ3n) is 3.96. The molecule has 0 aromatic carbocycles. The van der Waals surface area contributed by atoms with Gasteiger partial charge in [0.1, 0.15) is 5.00 Å². The molecule has 8 heteroatoms. The summed E-state index contributed by atoms with van der Waals surface area (Å²) < 4.78 is 4.81. The van der Waals surface area contributed by atoms with Crippen LogP contribution in [0.25, 0.3) is 0 Å². The molecular weight excluding hydrogens is 330 g/mol. The van der Waals surface area contributed by atoms with Crippen LogP contribution >= 0.6 is 11.3 Å². The number of ether oxygens (including phenoxy) is 1. The van der Waals surface area contributed by atoms with E-state index in [0.717, 1.165) is 37.3 Å². The highest BCUT2D eigenvalue weighted by atomic mass is 32.1. The second-order valence-corrected chi connectivity index (χ2v) is 7.00. The zero-order valence-corrected chi connectivity index (χ0v) is 15.3. The molecule has 0 unspecified atom stereocenters. The number of hydrogen-bond donors (Lipinski definition) is 1. The maximum Gasteiger partial charge on any atom is 0.341 e. The topological polar surface area (TPSA) is 79.0 Å². The molecule has 0 atom stereocenters. The molecule has 2 rings (SSSR count). The Labute approximate surface area is 145 Å². The number of nitrogens with one attached hydrogen (secondary N) is 1. The predicted molar refractivity (Wildman–Crippen MR) is 92.7 cm³/mol. The van der Waals surface area contributed by atoms with Gasteiger partial charge in [0.2, 0.25) is 5.91 Å². The number of likely N-dealkylation sites (tertiary alicyclic amines) is 1. The third-order valence-corrected chi connectivity index (χ3v) is 5.15. The minimum absolute atomic E-state index is 0.188. The molecule has 132 valence electrons. The van der Waals surface area contributed by atoms with Crippen molar-refractivity contribution in [1.82, 2.24) is 9.80 Å². The van der Waals surface area contributed by atoms with Gasteiger partial charge in [-0.2, -0.15) is 0 Å². The van der Waals surface area contributed by atoms with Gasteiger partial charge in [-0.05, 0) is 38.4 Å². The number of nitrogens with zero attached hydrogens (tertiary/aromatic N) is 2. The van der Waals surface area contributed by atoms with Crippen LogP contribution < -0.4 is 5.32 Å². The van der Waals surface area contributed by atoms with E-state index in [9.17, 15) is 14.4 Å². The Morgan fingerprint density at radius 1 is 1.25 bits per heavy atom. The van der Waals surface area contributed by atoms with Crippen molar-refractivity contribution in [3.63, 3.8) is 0 Å². The van der Waals surface area contributed by atoms with Crippen molar-refractivity contribution in [2.24, 2.45) is 0 Å². The van der Waals surface area contributed by atoms with Crippen LogP contribution in [0.5, 0.6) is 0 Å². The summed E-state index contributed by atoms with van der Waals surface area (Å²) in [6.07, 6.45) is 2.20. The Bertz CT molecular complexity index is 648. The average Bonchev–Trinajstić information content (AvgIpc) is 3.14. The van der Waals surface area contributed by atoms with Crippen LogP contribution in [0.3, 0.4) is 0 Å². The van der Waals surface area contributed by atoms with Gasteiger partial charge in [-0.25, -0.2) is 4.79 Å². The molecule has 0 spiro atoms. The fraction of sp³-hybridized carbons (Fsp3) is 0.562. The average molecular weight is 353 g/mol. The number of hydrogen-bond acceptors (Lipinski definition) is 6. The van der Waals surface area contributed by atoms with E-state index in [4.69, 9.17) is 4.74 Å². The molecular formula is C16H23N3O4S. The standard InChI is InChI=1S/C16H23N3O4S/c1-10-12(16(22)23-4)14(24-13(10)15(21)18(2)3)17-11(20)9-19-7-5-6-8-19/h5-9H2,1-4H3,(H,17,20). The summed E-state index contributed by atoms with van der Waals surface area (Å²) in [5.41, 5.74) is 0.782. The van der Waals surface area contributed by atoms with Crippen molar-refractivity contribution >= 4 is 34.1 Å². The number of carbonyl (C=O) groups excluding carboxylic acids is 3. The molecule has 1 aromatic rings. The number of esters is 1. The molecule has 0 bridgehead atoms. The summed E-state index contributed by atoms with van der Waals surface area (Å²) in [5.74, 6) is -0.951. The summed E-state index contributed by atoms with van der Waals surface area (Å²) in [7, 11) is 4.57. The molecule has 2 heterocycles. The summed E-state index contributed by atoms with van der Waals surface area (Å²) in [6, 6.07) is 0. The van der Waals surface area contributed by atoms with Crippen LogP contribution in [-0.2, 0) is 9.53 Å². The van der Waals surface area contributed by atoms with Crippen LogP contribution in [-0.4, -0.2) is 68.4 Å². The molecule has 0 saturated carbocycles. The largest absolute Gasteiger partial charge is 0.465 e. The molecule has 7 nitrogen and oxygen atoms in total. The summed E-state index contributed by atoms with van der Waals surface area (Å²) >= 11 is 1.11. The van der Waals surface area contributed by atoms with E-state index in [1.165, 1.54) is 12.0 Å². The Morgan fingerprint density at radius 2 is 1.88 bits per heavy atom. The Morgan fingerprint density at radius 3 is 2.42 bits per heavy atom. The van der Waals surface area contributed by atoms with Gasteiger partial charge in [0.15, 0.2) is 0 Å². The van der Waals surface area contributed by atoms with Crippen LogP contribution in [0.2, 0.25) is 0 Å². The first kappa shape index (κ1) is 18.4. The van der Waals surface area contributed by atoms with Gasteiger partial charge in [-0.1, -0.05) is 0 Å². The molecule has 1 aromatic heterocycles. The first-order chi connectivity index (χ1) is 11.3. The molecule has 1 saturated heterocycles. The second-order valence-electron chi connectivity index (χ2n) is 5.98. The van der Waals surface area contributed by atoms with Gasteiger partial charge in [0.05, 0.1) is 24.1 Å². The van der Waals surface area contributed by atoms with Gasteiger partial charge in [0.25, 0.3) is 5.91 Å². The van der Waals surface area contributed by atoms with Crippen molar-refractivity contribution in [2.45, 2.75) is 19.8 Å². The van der Waals surface area contributed by atoms with Gasteiger partial charge < -0.3 is 15.0 Å². The van der Waals surface area contributed by atoms with E-state index < -0.39 is 5.97 Å². The SMILES string of the molecule is COC(=O)c1c(NC(=O)CN2CCCC2)sc(C(=O)N(C)C)c1C. The quantitative estimate of drug-likeness (QED) is 0.813. The van der Waals surface area contributed by atoms with Crippen molar-refractivity contribution in [3.05, 3.63) is 16.0 Å². The van der Waals surface area contributed by atoms with E-state index in [1.807, 2.05) is 0 Å². The summed E-state index contributed by atoms with van der Waals surface area (Å²) in [6.45, 7) is 3.79.